The standard InChI is InChI=1S/C13H24N2O/c1-9(7-10-5-6-10)15-12-4-2-3-11(8-12)13(14)16/h9-12,15H,2-8H2,1H3,(H2,14,16). The van der Waals surface area contributed by atoms with E-state index in [0.29, 0.717) is 12.1 Å². The molecule has 0 aliphatic heterocycles. The van der Waals surface area contributed by atoms with Gasteiger partial charge >= 0.3 is 0 Å². The van der Waals surface area contributed by atoms with E-state index in [1.54, 1.807) is 0 Å². The van der Waals surface area contributed by atoms with Crippen molar-refractivity contribution in [1.29, 1.82) is 0 Å². The Labute approximate surface area is 98.2 Å². The zero-order valence-corrected chi connectivity index (χ0v) is 10.2. The highest BCUT2D eigenvalue weighted by Crippen LogP contribution is 2.34. The molecular weight excluding hydrogens is 200 g/mol. The number of carbonyl (C=O) groups excluding carboxylic acids is 1. The number of nitrogens with two attached hydrogens (primary N) is 1. The van der Waals surface area contributed by atoms with E-state index in [1.807, 2.05) is 0 Å². The monoisotopic (exact) mass is 224 g/mol. The maximum absolute atomic E-state index is 11.2. The van der Waals surface area contributed by atoms with Crippen molar-refractivity contribution in [2.45, 2.75) is 64.0 Å². The molecule has 2 aliphatic carbocycles. The molecule has 2 rings (SSSR count). The molecule has 92 valence electrons. The quantitative estimate of drug-likeness (QED) is 0.748. The minimum Gasteiger partial charge on any atom is -0.369 e. The summed E-state index contributed by atoms with van der Waals surface area (Å²) in [7, 11) is 0. The number of amides is 1. The molecule has 3 atom stereocenters. The fraction of sp³-hybridized carbons (Fsp3) is 0.923. The first kappa shape index (κ1) is 11.9. The maximum Gasteiger partial charge on any atom is 0.220 e. The second kappa shape index (κ2) is 5.17. The van der Waals surface area contributed by atoms with Crippen LogP contribution in [0.3, 0.4) is 0 Å². The van der Waals surface area contributed by atoms with E-state index < -0.39 is 0 Å². The van der Waals surface area contributed by atoms with Crippen molar-refractivity contribution >= 4 is 5.91 Å². The Morgan fingerprint density at radius 1 is 1.38 bits per heavy atom. The van der Waals surface area contributed by atoms with Gasteiger partial charge in [0, 0.05) is 18.0 Å². The van der Waals surface area contributed by atoms with Gasteiger partial charge in [-0.25, -0.2) is 0 Å². The summed E-state index contributed by atoms with van der Waals surface area (Å²) >= 11 is 0. The normalized spacial score (nSPS) is 32.3. The van der Waals surface area contributed by atoms with Crippen LogP contribution in [0.5, 0.6) is 0 Å². The molecule has 3 nitrogen and oxygen atoms in total. The van der Waals surface area contributed by atoms with Gasteiger partial charge in [-0.15, -0.1) is 0 Å². The molecule has 0 spiro atoms. The first-order valence-electron chi connectivity index (χ1n) is 6.70. The van der Waals surface area contributed by atoms with E-state index in [9.17, 15) is 4.79 Å². The Bertz CT molecular complexity index is 250. The van der Waals surface area contributed by atoms with Crippen LogP contribution in [0.2, 0.25) is 0 Å². The van der Waals surface area contributed by atoms with Crippen LogP contribution >= 0.6 is 0 Å². The Morgan fingerprint density at radius 3 is 2.75 bits per heavy atom. The fourth-order valence-corrected chi connectivity index (χ4v) is 2.92. The Hall–Kier alpha value is -0.570. The third kappa shape index (κ3) is 3.48. The zero-order valence-electron chi connectivity index (χ0n) is 10.2. The van der Waals surface area contributed by atoms with Crippen LogP contribution in [0, 0.1) is 11.8 Å². The lowest BCUT2D eigenvalue weighted by Gasteiger charge is -2.30. The molecule has 0 aromatic rings. The predicted octanol–water partition coefficient (Wildman–Crippen LogP) is 1.81. The van der Waals surface area contributed by atoms with Crippen molar-refractivity contribution in [3.8, 4) is 0 Å². The SMILES string of the molecule is CC(CC1CC1)NC1CCCC(C(N)=O)C1. The molecule has 3 unspecified atom stereocenters. The molecule has 3 heteroatoms. The molecule has 3 N–H and O–H groups in total. The first-order chi connectivity index (χ1) is 7.65. The number of nitrogens with one attached hydrogen (secondary N) is 1. The lowest BCUT2D eigenvalue weighted by Crippen LogP contribution is -2.42. The lowest BCUT2D eigenvalue weighted by molar-refractivity contribution is -0.122. The van der Waals surface area contributed by atoms with Crippen LogP contribution < -0.4 is 11.1 Å². The maximum atomic E-state index is 11.2. The lowest BCUT2D eigenvalue weighted by atomic mass is 9.85. The number of hydrogen-bond donors (Lipinski definition) is 2. The van der Waals surface area contributed by atoms with Crippen LogP contribution in [0.25, 0.3) is 0 Å². The van der Waals surface area contributed by atoms with Crippen LogP contribution in [-0.2, 0) is 4.79 Å². The van der Waals surface area contributed by atoms with Crippen molar-refractivity contribution in [3.05, 3.63) is 0 Å². The third-order valence-electron chi connectivity index (χ3n) is 3.98. The molecule has 0 aromatic carbocycles. The summed E-state index contributed by atoms with van der Waals surface area (Å²) in [6.07, 6.45) is 8.42. The van der Waals surface area contributed by atoms with E-state index in [1.165, 1.54) is 25.7 Å². The molecule has 1 amide bonds. The summed E-state index contributed by atoms with van der Waals surface area (Å²) in [4.78, 5) is 11.2. The summed E-state index contributed by atoms with van der Waals surface area (Å²) in [5.41, 5.74) is 5.38. The van der Waals surface area contributed by atoms with Gasteiger partial charge in [0.05, 0.1) is 0 Å². The highest BCUT2D eigenvalue weighted by molar-refractivity contribution is 5.76. The van der Waals surface area contributed by atoms with Crippen LogP contribution in [0.15, 0.2) is 0 Å². The highest BCUT2D eigenvalue weighted by atomic mass is 16.1. The molecule has 2 aliphatic rings. The Morgan fingerprint density at radius 2 is 2.12 bits per heavy atom. The smallest absolute Gasteiger partial charge is 0.220 e. The van der Waals surface area contributed by atoms with Gasteiger partial charge in [0.25, 0.3) is 0 Å². The van der Waals surface area contributed by atoms with Crippen molar-refractivity contribution in [3.63, 3.8) is 0 Å². The molecule has 2 fully saturated rings. The van der Waals surface area contributed by atoms with Crippen molar-refractivity contribution in [2.75, 3.05) is 0 Å². The Kier molecular flexibility index (Phi) is 3.85. The largest absolute Gasteiger partial charge is 0.369 e. The average molecular weight is 224 g/mol. The highest BCUT2D eigenvalue weighted by Gasteiger charge is 2.28. The topological polar surface area (TPSA) is 55.1 Å². The summed E-state index contributed by atoms with van der Waals surface area (Å²) < 4.78 is 0. The van der Waals surface area contributed by atoms with E-state index >= 15 is 0 Å². The van der Waals surface area contributed by atoms with E-state index in [0.717, 1.165) is 25.2 Å². The van der Waals surface area contributed by atoms with Gasteiger partial charge in [0.1, 0.15) is 0 Å². The van der Waals surface area contributed by atoms with E-state index in [2.05, 4.69) is 12.2 Å². The van der Waals surface area contributed by atoms with E-state index in [4.69, 9.17) is 5.73 Å². The van der Waals surface area contributed by atoms with Crippen molar-refractivity contribution in [2.24, 2.45) is 17.6 Å². The minimum atomic E-state index is -0.110. The Balaban J connectivity index is 1.73. The van der Waals surface area contributed by atoms with Crippen molar-refractivity contribution < 1.29 is 4.79 Å². The second-order valence-electron chi connectivity index (χ2n) is 5.71. The molecule has 0 radical (unpaired) electrons. The molecule has 16 heavy (non-hydrogen) atoms. The number of primary amides is 1. The van der Waals surface area contributed by atoms with Gasteiger partial charge in [-0.3, -0.25) is 4.79 Å². The van der Waals surface area contributed by atoms with Gasteiger partial charge in [-0.05, 0) is 38.5 Å². The van der Waals surface area contributed by atoms with Gasteiger partial charge in [0.2, 0.25) is 5.91 Å². The number of rotatable bonds is 5. The van der Waals surface area contributed by atoms with Gasteiger partial charge < -0.3 is 11.1 Å². The number of hydrogen-bond acceptors (Lipinski definition) is 2. The van der Waals surface area contributed by atoms with Gasteiger partial charge in [0.15, 0.2) is 0 Å². The summed E-state index contributed by atoms with van der Waals surface area (Å²) in [5.74, 6) is 0.971. The molecule has 0 bridgehead atoms. The third-order valence-corrected chi connectivity index (χ3v) is 3.98. The summed E-state index contributed by atoms with van der Waals surface area (Å²) in [6.45, 7) is 2.27. The molecular formula is C13H24N2O. The molecule has 0 saturated heterocycles. The molecule has 2 saturated carbocycles. The van der Waals surface area contributed by atoms with Crippen molar-refractivity contribution in [1.82, 2.24) is 5.32 Å². The van der Waals surface area contributed by atoms with E-state index in [-0.39, 0.29) is 11.8 Å². The van der Waals surface area contributed by atoms with Gasteiger partial charge in [-0.2, -0.15) is 0 Å². The minimum absolute atomic E-state index is 0.110. The predicted molar refractivity (Wildman–Crippen MR) is 64.9 cm³/mol. The fourth-order valence-electron chi connectivity index (χ4n) is 2.92. The zero-order chi connectivity index (χ0) is 11.5. The number of carbonyl (C=O) groups is 1. The molecule has 0 heterocycles. The second-order valence-corrected chi connectivity index (χ2v) is 5.71. The first-order valence-corrected chi connectivity index (χ1v) is 6.70. The average Bonchev–Trinajstić information content (AvgIpc) is 3.01. The van der Waals surface area contributed by atoms with Crippen LogP contribution in [0.4, 0.5) is 0 Å². The summed E-state index contributed by atoms with van der Waals surface area (Å²) in [6, 6.07) is 1.11. The van der Waals surface area contributed by atoms with Crippen LogP contribution in [-0.4, -0.2) is 18.0 Å². The van der Waals surface area contributed by atoms with Crippen LogP contribution in [0.1, 0.15) is 51.9 Å². The molecule has 0 aromatic heterocycles. The summed E-state index contributed by atoms with van der Waals surface area (Å²) in [5, 5.41) is 3.67. The van der Waals surface area contributed by atoms with Gasteiger partial charge in [-0.1, -0.05) is 19.3 Å².